The van der Waals surface area contributed by atoms with E-state index >= 15 is 0 Å². The molecule has 2 aromatic rings. The number of rotatable bonds is 3. The number of nitrogens with one attached hydrogen (secondary N) is 1. The molecular weight excluding hydrogens is 248 g/mol. The predicted molar refractivity (Wildman–Crippen MR) is 80.3 cm³/mol. The van der Waals surface area contributed by atoms with E-state index in [9.17, 15) is 0 Å². The summed E-state index contributed by atoms with van der Waals surface area (Å²) in [7, 11) is 0. The van der Waals surface area contributed by atoms with E-state index in [1.807, 2.05) is 37.3 Å². The molecule has 2 heterocycles. The van der Waals surface area contributed by atoms with E-state index in [1.165, 1.54) is 0 Å². The fraction of sp³-hybridized carbons (Fsp3) is 0.353. The van der Waals surface area contributed by atoms with Crippen molar-refractivity contribution in [3.8, 4) is 11.6 Å². The van der Waals surface area contributed by atoms with Gasteiger partial charge in [0.05, 0.1) is 0 Å². The van der Waals surface area contributed by atoms with Crippen LogP contribution in [0.2, 0.25) is 0 Å². The molecule has 0 amide bonds. The number of para-hydroxylation sites is 1. The third-order valence-electron chi connectivity index (χ3n) is 3.79. The molecule has 0 spiro atoms. The van der Waals surface area contributed by atoms with Crippen LogP contribution in [-0.2, 0) is 0 Å². The molecule has 0 aliphatic carbocycles. The first-order chi connectivity index (χ1) is 9.83. The molecule has 1 aliphatic rings. The largest absolute Gasteiger partial charge is 0.439 e. The van der Waals surface area contributed by atoms with Crippen LogP contribution in [0.15, 0.2) is 42.5 Å². The van der Waals surface area contributed by atoms with Crippen molar-refractivity contribution in [2.45, 2.75) is 25.7 Å². The van der Waals surface area contributed by atoms with Crippen LogP contribution < -0.4 is 10.1 Å². The maximum absolute atomic E-state index is 5.91. The number of hydrogen-bond donors (Lipinski definition) is 1. The molecule has 104 valence electrons. The molecule has 3 rings (SSSR count). The summed E-state index contributed by atoms with van der Waals surface area (Å²) >= 11 is 0. The fourth-order valence-corrected chi connectivity index (χ4v) is 2.57. The lowest BCUT2D eigenvalue weighted by molar-refractivity contribution is 0.431. The summed E-state index contributed by atoms with van der Waals surface area (Å²) in [5, 5.41) is 3.39. The van der Waals surface area contributed by atoms with Crippen molar-refractivity contribution >= 4 is 0 Å². The molecule has 0 unspecified atom stereocenters. The van der Waals surface area contributed by atoms with Gasteiger partial charge in [0.15, 0.2) is 0 Å². The minimum atomic E-state index is 0.551. The summed E-state index contributed by atoms with van der Waals surface area (Å²) in [6.45, 7) is 4.20. The number of nitrogens with zero attached hydrogens (tertiary/aromatic N) is 1. The molecule has 1 aromatic heterocycles. The second-order valence-electron chi connectivity index (χ2n) is 5.30. The number of hydrogen-bond acceptors (Lipinski definition) is 3. The van der Waals surface area contributed by atoms with Crippen molar-refractivity contribution in [2.24, 2.45) is 0 Å². The van der Waals surface area contributed by atoms with Gasteiger partial charge in [-0.3, -0.25) is 0 Å². The van der Waals surface area contributed by atoms with Crippen LogP contribution in [-0.4, -0.2) is 18.1 Å². The van der Waals surface area contributed by atoms with Gasteiger partial charge in [-0.15, -0.1) is 0 Å². The Morgan fingerprint density at radius 2 is 1.80 bits per heavy atom. The third-order valence-corrected chi connectivity index (χ3v) is 3.79. The number of aromatic nitrogens is 1. The molecule has 0 atom stereocenters. The summed E-state index contributed by atoms with van der Waals surface area (Å²) in [6.07, 6.45) is 2.31. The van der Waals surface area contributed by atoms with E-state index in [0.717, 1.165) is 48.8 Å². The van der Waals surface area contributed by atoms with Crippen LogP contribution in [0.3, 0.4) is 0 Å². The number of ether oxygens (including phenoxy) is 1. The highest BCUT2D eigenvalue weighted by atomic mass is 16.5. The monoisotopic (exact) mass is 268 g/mol. The van der Waals surface area contributed by atoms with Gasteiger partial charge in [-0.1, -0.05) is 24.3 Å². The molecule has 0 saturated carbocycles. The maximum Gasteiger partial charge on any atom is 0.222 e. The zero-order valence-electron chi connectivity index (χ0n) is 11.8. The van der Waals surface area contributed by atoms with Gasteiger partial charge in [0.2, 0.25) is 5.88 Å². The Kier molecular flexibility index (Phi) is 3.97. The minimum absolute atomic E-state index is 0.551. The highest BCUT2D eigenvalue weighted by Gasteiger charge is 2.17. The first-order valence-electron chi connectivity index (χ1n) is 7.24. The van der Waals surface area contributed by atoms with Crippen molar-refractivity contribution in [2.75, 3.05) is 13.1 Å². The zero-order chi connectivity index (χ0) is 13.8. The molecule has 1 fully saturated rings. The van der Waals surface area contributed by atoms with Crippen molar-refractivity contribution in [3.05, 3.63) is 53.7 Å². The number of piperidine rings is 1. The van der Waals surface area contributed by atoms with Crippen LogP contribution >= 0.6 is 0 Å². The predicted octanol–water partition coefficient (Wildman–Crippen LogP) is 3.65. The van der Waals surface area contributed by atoms with E-state index in [2.05, 4.69) is 17.4 Å². The average molecular weight is 268 g/mol. The van der Waals surface area contributed by atoms with Gasteiger partial charge in [-0.25, -0.2) is 4.98 Å². The van der Waals surface area contributed by atoms with Crippen LogP contribution in [0.25, 0.3) is 0 Å². The van der Waals surface area contributed by atoms with E-state index in [0.29, 0.717) is 5.92 Å². The highest BCUT2D eigenvalue weighted by molar-refractivity contribution is 5.33. The third kappa shape index (κ3) is 2.99. The maximum atomic E-state index is 5.91. The van der Waals surface area contributed by atoms with Crippen LogP contribution in [0, 0.1) is 6.92 Å². The molecule has 1 aliphatic heterocycles. The minimum Gasteiger partial charge on any atom is -0.439 e. The Balaban J connectivity index is 1.83. The van der Waals surface area contributed by atoms with Crippen LogP contribution in [0.4, 0.5) is 0 Å². The molecule has 3 heteroatoms. The van der Waals surface area contributed by atoms with Crippen molar-refractivity contribution < 1.29 is 4.74 Å². The van der Waals surface area contributed by atoms with Gasteiger partial charge in [-0.05, 0) is 51.1 Å². The standard InChI is InChI=1S/C17H20N2O/c1-13-7-8-16(14-9-11-18-12-10-14)19-17(13)20-15-5-3-2-4-6-15/h2-8,14,18H,9-12H2,1H3. The lowest BCUT2D eigenvalue weighted by Crippen LogP contribution is -2.27. The molecule has 1 saturated heterocycles. The summed E-state index contributed by atoms with van der Waals surface area (Å²) < 4.78 is 5.91. The summed E-state index contributed by atoms with van der Waals surface area (Å²) in [5.74, 6) is 2.12. The van der Waals surface area contributed by atoms with E-state index < -0.39 is 0 Å². The number of pyridine rings is 1. The first-order valence-corrected chi connectivity index (χ1v) is 7.24. The number of aryl methyl sites for hydroxylation is 1. The first kappa shape index (κ1) is 13.1. The Morgan fingerprint density at radius 1 is 1.05 bits per heavy atom. The van der Waals surface area contributed by atoms with Crippen LogP contribution in [0.1, 0.15) is 30.0 Å². The Bertz CT molecular complexity index is 562. The van der Waals surface area contributed by atoms with E-state index in [4.69, 9.17) is 9.72 Å². The number of benzene rings is 1. The lowest BCUT2D eigenvalue weighted by Gasteiger charge is -2.22. The smallest absolute Gasteiger partial charge is 0.222 e. The molecule has 20 heavy (non-hydrogen) atoms. The average Bonchev–Trinajstić information content (AvgIpc) is 2.51. The highest BCUT2D eigenvalue weighted by Crippen LogP contribution is 2.28. The molecule has 0 bridgehead atoms. The molecular formula is C17H20N2O. The Hall–Kier alpha value is -1.87. The summed E-state index contributed by atoms with van der Waals surface area (Å²) in [6, 6.07) is 14.1. The van der Waals surface area contributed by atoms with E-state index in [1.54, 1.807) is 0 Å². The van der Waals surface area contributed by atoms with Gasteiger partial charge < -0.3 is 10.1 Å². The topological polar surface area (TPSA) is 34.2 Å². The van der Waals surface area contributed by atoms with Gasteiger partial charge in [0, 0.05) is 17.2 Å². The van der Waals surface area contributed by atoms with Gasteiger partial charge in [0.1, 0.15) is 5.75 Å². The fourth-order valence-electron chi connectivity index (χ4n) is 2.57. The second-order valence-corrected chi connectivity index (χ2v) is 5.30. The lowest BCUT2D eigenvalue weighted by atomic mass is 9.94. The van der Waals surface area contributed by atoms with E-state index in [-0.39, 0.29) is 0 Å². The van der Waals surface area contributed by atoms with Crippen molar-refractivity contribution in [1.29, 1.82) is 0 Å². The SMILES string of the molecule is Cc1ccc(C2CCNCC2)nc1Oc1ccccc1. The van der Waals surface area contributed by atoms with Crippen molar-refractivity contribution in [1.82, 2.24) is 10.3 Å². The van der Waals surface area contributed by atoms with Crippen molar-refractivity contribution in [3.63, 3.8) is 0 Å². The second kappa shape index (κ2) is 6.06. The quantitative estimate of drug-likeness (QED) is 0.922. The molecule has 1 aromatic carbocycles. The molecule has 0 radical (unpaired) electrons. The Labute approximate surface area is 120 Å². The summed E-state index contributed by atoms with van der Waals surface area (Å²) in [4.78, 5) is 4.74. The Morgan fingerprint density at radius 3 is 2.55 bits per heavy atom. The summed E-state index contributed by atoms with van der Waals surface area (Å²) in [5.41, 5.74) is 2.23. The van der Waals surface area contributed by atoms with Gasteiger partial charge in [-0.2, -0.15) is 0 Å². The van der Waals surface area contributed by atoms with Gasteiger partial charge >= 0.3 is 0 Å². The zero-order valence-corrected chi connectivity index (χ0v) is 11.8. The molecule has 3 nitrogen and oxygen atoms in total. The van der Waals surface area contributed by atoms with Gasteiger partial charge in [0.25, 0.3) is 0 Å². The normalized spacial score (nSPS) is 16.1. The molecule has 1 N–H and O–H groups in total. The van der Waals surface area contributed by atoms with Crippen LogP contribution in [0.5, 0.6) is 11.6 Å².